The molecule has 6 heteroatoms. The van der Waals surface area contributed by atoms with Crippen LogP contribution in [-0.2, 0) is 14.3 Å². The zero-order valence-corrected chi connectivity index (χ0v) is 18.3. The van der Waals surface area contributed by atoms with Gasteiger partial charge in [0.25, 0.3) is 5.91 Å². The summed E-state index contributed by atoms with van der Waals surface area (Å²) in [6.07, 6.45) is 1.87. The normalized spacial score (nSPS) is 10.7. The fourth-order valence-electron chi connectivity index (χ4n) is 3.23. The molecule has 0 bridgehead atoms. The molecule has 0 aliphatic rings. The van der Waals surface area contributed by atoms with Crippen molar-refractivity contribution < 1.29 is 19.1 Å². The van der Waals surface area contributed by atoms with Gasteiger partial charge in [-0.05, 0) is 41.5 Å². The fraction of sp³-hybridized carbons (Fsp3) is 0.148. The molecule has 166 valence electrons. The Labute approximate surface area is 193 Å². The van der Waals surface area contributed by atoms with E-state index in [4.69, 9.17) is 14.7 Å². The predicted octanol–water partition coefficient (Wildman–Crippen LogP) is 4.73. The lowest BCUT2D eigenvalue weighted by molar-refractivity contribution is -0.142. The van der Waals surface area contributed by atoms with Crippen molar-refractivity contribution in [3.05, 3.63) is 96.1 Å². The molecule has 0 unspecified atom stereocenters. The van der Waals surface area contributed by atoms with Gasteiger partial charge >= 0.3 is 5.97 Å². The quantitative estimate of drug-likeness (QED) is 0.273. The van der Waals surface area contributed by atoms with Crippen LogP contribution in [0.4, 0.5) is 5.69 Å². The summed E-state index contributed by atoms with van der Waals surface area (Å²) in [6, 6.07) is 27.5. The molecular weight excluding hydrogens is 416 g/mol. The van der Waals surface area contributed by atoms with Crippen molar-refractivity contribution >= 4 is 29.2 Å². The Balaban J connectivity index is 1.81. The largest absolute Gasteiger partial charge is 0.497 e. The van der Waals surface area contributed by atoms with Crippen LogP contribution < -0.4 is 9.64 Å². The number of carbonyl (C=O) groups is 2. The Morgan fingerprint density at radius 3 is 2.33 bits per heavy atom. The molecule has 3 rings (SSSR count). The Hall–Kier alpha value is -4.37. The van der Waals surface area contributed by atoms with Crippen LogP contribution in [0.1, 0.15) is 17.5 Å². The van der Waals surface area contributed by atoms with E-state index in [0.717, 1.165) is 5.56 Å². The van der Waals surface area contributed by atoms with Crippen LogP contribution in [0, 0.1) is 11.3 Å². The lowest BCUT2D eigenvalue weighted by Gasteiger charge is -2.21. The van der Waals surface area contributed by atoms with Crippen molar-refractivity contribution in [1.82, 2.24) is 0 Å². The second-order valence-electron chi connectivity index (χ2n) is 7.07. The van der Waals surface area contributed by atoms with E-state index < -0.39 is 18.5 Å². The van der Waals surface area contributed by atoms with Gasteiger partial charge in [0.2, 0.25) is 0 Å². The number of anilines is 1. The SMILES string of the molecule is COc1cccc(/C=C(/C(=O)OCC(=O)N(CCC#N)c2ccccc2)c2ccccc2)c1. The van der Waals surface area contributed by atoms with Gasteiger partial charge in [0.05, 0.1) is 25.2 Å². The van der Waals surface area contributed by atoms with Gasteiger partial charge in [-0.25, -0.2) is 4.79 Å². The van der Waals surface area contributed by atoms with Gasteiger partial charge in [0, 0.05) is 12.2 Å². The molecule has 3 aromatic rings. The van der Waals surface area contributed by atoms with Gasteiger partial charge in [-0.2, -0.15) is 5.26 Å². The first-order valence-corrected chi connectivity index (χ1v) is 10.4. The number of nitrogens with zero attached hydrogens (tertiary/aromatic N) is 2. The number of methoxy groups -OCH3 is 1. The Morgan fingerprint density at radius 1 is 0.970 bits per heavy atom. The van der Waals surface area contributed by atoms with E-state index >= 15 is 0 Å². The van der Waals surface area contributed by atoms with Gasteiger partial charge in [0.1, 0.15) is 5.75 Å². The molecule has 1 amide bonds. The molecule has 0 atom stereocenters. The van der Waals surface area contributed by atoms with Crippen molar-refractivity contribution in [1.29, 1.82) is 5.26 Å². The highest BCUT2D eigenvalue weighted by Crippen LogP contribution is 2.22. The summed E-state index contributed by atoms with van der Waals surface area (Å²) in [5.41, 5.74) is 2.39. The van der Waals surface area contributed by atoms with Crippen molar-refractivity contribution in [3.63, 3.8) is 0 Å². The maximum Gasteiger partial charge on any atom is 0.339 e. The smallest absolute Gasteiger partial charge is 0.339 e. The van der Waals surface area contributed by atoms with Gasteiger partial charge in [-0.3, -0.25) is 4.79 Å². The molecule has 0 aliphatic carbocycles. The standard InChI is InChI=1S/C27H24N2O4/c1-32-24-15-8-10-21(18-24)19-25(22-11-4-2-5-12-22)27(31)33-20-26(30)29(17-9-16-28)23-13-6-3-7-14-23/h2-8,10-15,18-19H,9,17,20H2,1H3/b25-19+. The summed E-state index contributed by atoms with van der Waals surface area (Å²) in [6.45, 7) is -0.233. The first-order valence-electron chi connectivity index (χ1n) is 10.4. The van der Waals surface area contributed by atoms with Crippen molar-refractivity contribution in [2.75, 3.05) is 25.2 Å². The number of nitriles is 1. The first-order chi connectivity index (χ1) is 16.1. The molecule has 0 aromatic heterocycles. The number of hydrogen-bond acceptors (Lipinski definition) is 5. The average molecular weight is 440 g/mol. The number of esters is 1. The minimum atomic E-state index is -0.620. The predicted molar refractivity (Wildman–Crippen MR) is 127 cm³/mol. The summed E-state index contributed by atoms with van der Waals surface area (Å²) < 4.78 is 10.7. The van der Waals surface area contributed by atoms with E-state index in [0.29, 0.717) is 22.6 Å². The van der Waals surface area contributed by atoms with Crippen molar-refractivity contribution in [3.8, 4) is 11.8 Å². The van der Waals surface area contributed by atoms with Crippen LogP contribution in [0.3, 0.4) is 0 Å². The first kappa shape index (κ1) is 23.3. The van der Waals surface area contributed by atoms with E-state index in [-0.39, 0.29) is 13.0 Å². The van der Waals surface area contributed by atoms with Crippen LogP contribution in [0.15, 0.2) is 84.9 Å². The Morgan fingerprint density at radius 2 is 1.67 bits per heavy atom. The summed E-state index contributed by atoms with van der Waals surface area (Å²) in [4.78, 5) is 27.3. The maximum absolute atomic E-state index is 13.0. The summed E-state index contributed by atoms with van der Waals surface area (Å²) in [7, 11) is 1.58. The molecule has 0 fully saturated rings. The van der Waals surface area contributed by atoms with Crippen molar-refractivity contribution in [2.45, 2.75) is 6.42 Å². The molecule has 0 N–H and O–H groups in total. The van der Waals surface area contributed by atoms with E-state index in [9.17, 15) is 9.59 Å². The average Bonchev–Trinajstić information content (AvgIpc) is 2.87. The van der Waals surface area contributed by atoms with Gasteiger partial charge in [-0.15, -0.1) is 0 Å². The molecule has 0 saturated carbocycles. The molecular formula is C27H24N2O4. The Bertz CT molecular complexity index is 1150. The third-order valence-corrected chi connectivity index (χ3v) is 4.85. The van der Waals surface area contributed by atoms with Crippen molar-refractivity contribution in [2.24, 2.45) is 0 Å². The zero-order chi connectivity index (χ0) is 23.5. The van der Waals surface area contributed by atoms with E-state index in [1.165, 1.54) is 4.90 Å². The second-order valence-corrected chi connectivity index (χ2v) is 7.07. The summed E-state index contributed by atoms with van der Waals surface area (Å²) >= 11 is 0. The molecule has 33 heavy (non-hydrogen) atoms. The van der Waals surface area contributed by atoms with E-state index in [2.05, 4.69) is 0 Å². The van der Waals surface area contributed by atoms with Gasteiger partial charge in [-0.1, -0.05) is 60.7 Å². The van der Waals surface area contributed by atoms with E-state index in [1.807, 2.05) is 48.5 Å². The number of ether oxygens (including phenoxy) is 2. The molecule has 3 aromatic carbocycles. The topological polar surface area (TPSA) is 79.6 Å². The Kier molecular flexibility index (Phi) is 8.38. The number of para-hydroxylation sites is 1. The minimum Gasteiger partial charge on any atom is -0.497 e. The fourth-order valence-corrected chi connectivity index (χ4v) is 3.23. The van der Waals surface area contributed by atoms with Crippen LogP contribution in [0.25, 0.3) is 11.6 Å². The van der Waals surface area contributed by atoms with E-state index in [1.54, 1.807) is 55.7 Å². The monoisotopic (exact) mass is 440 g/mol. The lowest BCUT2D eigenvalue weighted by atomic mass is 10.0. The third-order valence-electron chi connectivity index (χ3n) is 4.85. The number of benzene rings is 3. The number of rotatable bonds is 9. The number of hydrogen-bond donors (Lipinski definition) is 0. The third kappa shape index (κ3) is 6.55. The highest BCUT2D eigenvalue weighted by atomic mass is 16.5. The lowest BCUT2D eigenvalue weighted by Crippen LogP contribution is -2.35. The van der Waals surface area contributed by atoms with Crippen LogP contribution in [-0.4, -0.2) is 32.1 Å². The van der Waals surface area contributed by atoms with Crippen LogP contribution in [0.2, 0.25) is 0 Å². The van der Waals surface area contributed by atoms with Crippen LogP contribution >= 0.6 is 0 Å². The maximum atomic E-state index is 13.0. The number of carbonyl (C=O) groups excluding carboxylic acids is 2. The second kappa shape index (κ2) is 11.9. The molecule has 0 heterocycles. The summed E-state index contributed by atoms with van der Waals surface area (Å²) in [5, 5.41) is 8.95. The van der Waals surface area contributed by atoms with Crippen LogP contribution in [0.5, 0.6) is 5.75 Å². The minimum absolute atomic E-state index is 0.166. The highest BCUT2D eigenvalue weighted by Gasteiger charge is 2.20. The number of amides is 1. The molecule has 0 aliphatic heterocycles. The molecule has 0 spiro atoms. The summed E-state index contributed by atoms with van der Waals surface area (Å²) in [5.74, 6) is -0.361. The molecule has 6 nitrogen and oxygen atoms in total. The zero-order valence-electron chi connectivity index (χ0n) is 18.3. The van der Waals surface area contributed by atoms with Gasteiger partial charge in [0.15, 0.2) is 6.61 Å². The molecule has 0 radical (unpaired) electrons. The molecule has 0 saturated heterocycles. The highest BCUT2D eigenvalue weighted by molar-refractivity contribution is 6.22. The van der Waals surface area contributed by atoms with Gasteiger partial charge < -0.3 is 14.4 Å².